The van der Waals surface area contributed by atoms with E-state index in [9.17, 15) is 0 Å². The maximum absolute atomic E-state index is 5.55. The minimum atomic E-state index is 0.0970. The highest BCUT2D eigenvalue weighted by atomic mass is 79.9. The fraction of sp³-hybridized carbons (Fsp3) is 0.533. The van der Waals surface area contributed by atoms with Gasteiger partial charge in [0.15, 0.2) is 0 Å². The van der Waals surface area contributed by atoms with Gasteiger partial charge in [0.05, 0.1) is 49.3 Å². The van der Waals surface area contributed by atoms with Crippen molar-refractivity contribution in [2.75, 3.05) is 39.5 Å². The molecular formula is C15H18BrN3O2. The van der Waals surface area contributed by atoms with Crippen LogP contribution in [-0.4, -0.2) is 59.5 Å². The van der Waals surface area contributed by atoms with Crippen molar-refractivity contribution in [3.8, 4) is 0 Å². The molecule has 2 aliphatic rings. The molecule has 0 spiro atoms. The molecule has 5 nitrogen and oxygen atoms in total. The van der Waals surface area contributed by atoms with Crippen LogP contribution in [0.5, 0.6) is 0 Å². The number of hydrogen-bond acceptors (Lipinski definition) is 4. The Morgan fingerprint density at radius 2 is 2.00 bits per heavy atom. The van der Waals surface area contributed by atoms with Gasteiger partial charge in [-0.15, -0.1) is 0 Å². The lowest BCUT2D eigenvalue weighted by molar-refractivity contribution is -0.166. The summed E-state index contributed by atoms with van der Waals surface area (Å²) in [6.45, 7) is 6.11. The number of aromatic nitrogens is 2. The van der Waals surface area contributed by atoms with Gasteiger partial charge in [-0.25, -0.2) is 4.98 Å². The van der Waals surface area contributed by atoms with E-state index in [-0.39, 0.29) is 5.54 Å². The van der Waals surface area contributed by atoms with Gasteiger partial charge >= 0.3 is 0 Å². The van der Waals surface area contributed by atoms with Crippen LogP contribution in [0.25, 0.3) is 11.0 Å². The zero-order chi connectivity index (χ0) is 14.3. The normalized spacial score (nSPS) is 22.3. The van der Waals surface area contributed by atoms with Gasteiger partial charge in [-0.05, 0) is 18.2 Å². The highest BCUT2D eigenvalue weighted by Crippen LogP contribution is 2.30. The summed E-state index contributed by atoms with van der Waals surface area (Å²) in [5.74, 6) is 0. The Bertz CT molecular complexity index is 647. The lowest BCUT2D eigenvalue weighted by Gasteiger charge is -2.51. The Hall–Kier alpha value is -0.950. The first kappa shape index (κ1) is 13.7. The molecule has 3 heterocycles. The second-order valence-electron chi connectivity index (χ2n) is 5.82. The molecule has 0 amide bonds. The van der Waals surface area contributed by atoms with Gasteiger partial charge in [0.25, 0.3) is 0 Å². The largest absolute Gasteiger partial charge is 0.379 e. The van der Waals surface area contributed by atoms with Gasteiger partial charge in [-0.3, -0.25) is 4.90 Å². The van der Waals surface area contributed by atoms with E-state index in [0.717, 1.165) is 56.1 Å². The summed E-state index contributed by atoms with van der Waals surface area (Å²) in [5, 5.41) is 0. The molecule has 2 saturated heterocycles. The monoisotopic (exact) mass is 351 g/mol. The third-order valence-corrected chi connectivity index (χ3v) is 4.96. The van der Waals surface area contributed by atoms with Crippen LogP contribution in [0, 0.1) is 0 Å². The molecule has 21 heavy (non-hydrogen) atoms. The molecule has 1 aromatic carbocycles. The van der Waals surface area contributed by atoms with E-state index in [1.165, 1.54) is 5.52 Å². The summed E-state index contributed by atoms with van der Waals surface area (Å²) in [7, 11) is 0. The average molecular weight is 352 g/mol. The van der Waals surface area contributed by atoms with Crippen LogP contribution in [0.1, 0.15) is 0 Å². The average Bonchev–Trinajstić information content (AvgIpc) is 2.86. The number of rotatable bonds is 3. The molecule has 4 rings (SSSR count). The van der Waals surface area contributed by atoms with Crippen molar-refractivity contribution >= 4 is 27.0 Å². The Labute approximate surface area is 132 Å². The van der Waals surface area contributed by atoms with E-state index in [0.29, 0.717) is 0 Å². The molecule has 112 valence electrons. The van der Waals surface area contributed by atoms with Crippen molar-refractivity contribution in [1.82, 2.24) is 14.5 Å². The van der Waals surface area contributed by atoms with E-state index in [1.54, 1.807) is 0 Å². The Balaban J connectivity index is 1.64. The Morgan fingerprint density at radius 3 is 2.71 bits per heavy atom. The Morgan fingerprint density at radius 1 is 1.19 bits per heavy atom. The number of fused-ring (bicyclic) bond motifs is 1. The molecule has 2 fully saturated rings. The molecule has 0 bridgehead atoms. The van der Waals surface area contributed by atoms with Gasteiger partial charge in [0.1, 0.15) is 0 Å². The number of imidazole rings is 1. The lowest BCUT2D eigenvalue weighted by atomic mass is 9.94. The van der Waals surface area contributed by atoms with Gasteiger partial charge in [-0.2, -0.15) is 0 Å². The zero-order valence-electron chi connectivity index (χ0n) is 11.8. The topological polar surface area (TPSA) is 39.5 Å². The summed E-state index contributed by atoms with van der Waals surface area (Å²) in [4.78, 5) is 7.02. The molecular weight excluding hydrogens is 334 g/mol. The molecule has 0 radical (unpaired) electrons. The first-order valence-electron chi connectivity index (χ1n) is 7.28. The van der Waals surface area contributed by atoms with Gasteiger partial charge in [0, 0.05) is 24.1 Å². The highest BCUT2D eigenvalue weighted by Gasteiger charge is 2.45. The van der Waals surface area contributed by atoms with Crippen LogP contribution in [0.4, 0.5) is 0 Å². The van der Waals surface area contributed by atoms with E-state index in [1.807, 2.05) is 12.4 Å². The second kappa shape index (κ2) is 5.35. The first-order valence-corrected chi connectivity index (χ1v) is 8.07. The number of halogens is 1. The number of morpholine rings is 1. The maximum atomic E-state index is 5.55. The van der Waals surface area contributed by atoms with Gasteiger partial charge < -0.3 is 14.0 Å². The standard InChI is InChI=1S/C15H18BrN3O2/c16-12-1-2-13-14(7-12)18(11-17-13)8-15(9-21-10-15)19-3-5-20-6-4-19/h1-2,7,11H,3-6,8-10H2. The van der Waals surface area contributed by atoms with Crippen molar-refractivity contribution in [1.29, 1.82) is 0 Å². The minimum Gasteiger partial charge on any atom is -0.379 e. The van der Waals surface area contributed by atoms with E-state index < -0.39 is 0 Å². The number of benzene rings is 1. The fourth-order valence-corrected chi connectivity index (χ4v) is 3.57. The van der Waals surface area contributed by atoms with Gasteiger partial charge in [0.2, 0.25) is 0 Å². The van der Waals surface area contributed by atoms with Crippen molar-refractivity contribution in [2.24, 2.45) is 0 Å². The predicted octanol–water partition coefficient (Wildman–Crippen LogP) is 1.90. The molecule has 0 N–H and O–H groups in total. The van der Waals surface area contributed by atoms with Crippen LogP contribution < -0.4 is 0 Å². The molecule has 2 aromatic rings. The summed E-state index contributed by atoms with van der Waals surface area (Å²) >= 11 is 3.55. The van der Waals surface area contributed by atoms with Crippen LogP contribution in [0.15, 0.2) is 29.0 Å². The zero-order valence-corrected chi connectivity index (χ0v) is 13.4. The SMILES string of the molecule is Brc1ccc2ncn(CC3(N4CCOCC4)COC3)c2c1. The third kappa shape index (κ3) is 2.40. The highest BCUT2D eigenvalue weighted by molar-refractivity contribution is 9.10. The molecule has 0 saturated carbocycles. The van der Waals surface area contributed by atoms with E-state index in [2.05, 4.69) is 42.5 Å². The third-order valence-electron chi connectivity index (χ3n) is 4.47. The molecule has 0 aliphatic carbocycles. The van der Waals surface area contributed by atoms with Crippen LogP contribution >= 0.6 is 15.9 Å². The van der Waals surface area contributed by atoms with Crippen LogP contribution in [-0.2, 0) is 16.0 Å². The van der Waals surface area contributed by atoms with Crippen molar-refractivity contribution in [3.63, 3.8) is 0 Å². The first-order chi connectivity index (χ1) is 10.3. The van der Waals surface area contributed by atoms with Crippen molar-refractivity contribution < 1.29 is 9.47 Å². The maximum Gasteiger partial charge on any atom is 0.0959 e. The summed E-state index contributed by atoms with van der Waals surface area (Å²) in [5.41, 5.74) is 2.30. The molecule has 0 unspecified atom stereocenters. The molecule has 2 aliphatic heterocycles. The lowest BCUT2D eigenvalue weighted by Crippen LogP contribution is -2.66. The van der Waals surface area contributed by atoms with Crippen molar-refractivity contribution in [2.45, 2.75) is 12.1 Å². The molecule has 0 atom stereocenters. The number of ether oxygens (including phenoxy) is 2. The second-order valence-corrected chi connectivity index (χ2v) is 6.74. The smallest absolute Gasteiger partial charge is 0.0959 e. The molecule has 6 heteroatoms. The van der Waals surface area contributed by atoms with Gasteiger partial charge in [-0.1, -0.05) is 15.9 Å². The van der Waals surface area contributed by atoms with E-state index in [4.69, 9.17) is 9.47 Å². The fourth-order valence-electron chi connectivity index (χ4n) is 3.22. The molecule has 1 aromatic heterocycles. The van der Waals surface area contributed by atoms with Crippen LogP contribution in [0.2, 0.25) is 0 Å². The quantitative estimate of drug-likeness (QED) is 0.846. The summed E-state index contributed by atoms with van der Waals surface area (Å²) < 4.78 is 14.4. The van der Waals surface area contributed by atoms with E-state index >= 15 is 0 Å². The minimum absolute atomic E-state index is 0.0970. The number of hydrogen-bond donors (Lipinski definition) is 0. The van der Waals surface area contributed by atoms with Crippen LogP contribution in [0.3, 0.4) is 0 Å². The summed E-state index contributed by atoms with van der Waals surface area (Å²) in [6, 6.07) is 6.22. The van der Waals surface area contributed by atoms with Crippen molar-refractivity contribution in [3.05, 3.63) is 29.0 Å². The summed E-state index contributed by atoms with van der Waals surface area (Å²) in [6.07, 6.45) is 1.94. The Kier molecular flexibility index (Phi) is 3.49. The predicted molar refractivity (Wildman–Crippen MR) is 83.4 cm³/mol. The number of nitrogens with zero attached hydrogens (tertiary/aromatic N) is 3.